The van der Waals surface area contributed by atoms with E-state index in [-0.39, 0.29) is 41.8 Å². The van der Waals surface area contributed by atoms with Crippen LogP contribution in [0.15, 0.2) is 11.1 Å². The number of esters is 2. The number of nitrogens with one attached hydrogen (secondary N) is 1. The second kappa shape index (κ2) is 7.98. The third-order valence-electron chi connectivity index (χ3n) is 7.52. The van der Waals surface area contributed by atoms with E-state index in [1.54, 1.807) is 7.11 Å². The topological polar surface area (TPSA) is 90.9 Å². The van der Waals surface area contributed by atoms with Crippen molar-refractivity contribution in [3.8, 4) is 0 Å². The van der Waals surface area contributed by atoms with E-state index in [9.17, 15) is 14.4 Å². The molecule has 0 radical (unpaired) electrons. The van der Waals surface area contributed by atoms with E-state index in [4.69, 9.17) is 14.2 Å². The summed E-state index contributed by atoms with van der Waals surface area (Å²) in [5.41, 5.74) is 0.971. The molecule has 3 rings (SSSR count). The molecule has 0 saturated heterocycles. The summed E-state index contributed by atoms with van der Waals surface area (Å²) in [4.78, 5) is 37.1. The van der Waals surface area contributed by atoms with Crippen LogP contribution in [0.3, 0.4) is 0 Å². The number of fused-ring (bicyclic) bond motifs is 2. The van der Waals surface area contributed by atoms with Crippen LogP contribution in [0.4, 0.5) is 0 Å². The van der Waals surface area contributed by atoms with Gasteiger partial charge >= 0.3 is 11.9 Å². The first kappa shape index (κ1) is 22.8. The molecule has 1 N–H and O–H groups in total. The van der Waals surface area contributed by atoms with E-state index in [0.717, 1.165) is 12.0 Å². The monoisotopic (exact) mass is 421 g/mol. The number of ether oxygens (including phenoxy) is 3. The molecular weight excluding hydrogens is 386 g/mol. The van der Waals surface area contributed by atoms with Gasteiger partial charge in [0.05, 0.1) is 11.7 Å². The van der Waals surface area contributed by atoms with Crippen LogP contribution in [-0.2, 0) is 28.6 Å². The highest BCUT2D eigenvalue weighted by Crippen LogP contribution is 2.61. The fraction of sp³-hybridized carbons (Fsp3) is 0.783. The molecule has 1 heterocycles. The summed E-state index contributed by atoms with van der Waals surface area (Å²) in [6.07, 6.45) is 1.58. The SMILES string of the molecule is CO[C@@H]1C[C@H]2C(C)(C)CC[C@H](OC(=O)[C@@H](NC(C)=O)C(C)C)[C@]2(C)C2=C1C(=O)OC2. The molecule has 1 saturated carbocycles. The summed E-state index contributed by atoms with van der Waals surface area (Å²) in [6, 6.07) is -0.704. The molecule has 0 aromatic carbocycles. The molecule has 1 fully saturated rings. The van der Waals surface area contributed by atoms with Crippen molar-refractivity contribution in [1.82, 2.24) is 5.32 Å². The van der Waals surface area contributed by atoms with Crippen LogP contribution in [0.5, 0.6) is 0 Å². The van der Waals surface area contributed by atoms with E-state index in [0.29, 0.717) is 18.4 Å². The Hall–Kier alpha value is -1.89. The molecule has 168 valence electrons. The average Bonchev–Trinajstić information content (AvgIpc) is 3.05. The molecule has 0 bridgehead atoms. The first-order valence-electron chi connectivity index (χ1n) is 10.8. The molecule has 0 aromatic rings. The van der Waals surface area contributed by atoms with Crippen LogP contribution >= 0.6 is 0 Å². The molecule has 7 heteroatoms. The predicted molar refractivity (Wildman–Crippen MR) is 110 cm³/mol. The maximum Gasteiger partial charge on any atom is 0.337 e. The van der Waals surface area contributed by atoms with Crippen LogP contribution < -0.4 is 5.32 Å². The lowest BCUT2D eigenvalue weighted by Crippen LogP contribution is -2.58. The molecule has 0 spiro atoms. The molecule has 0 aromatic heterocycles. The molecular formula is C23H35NO6. The highest BCUT2D eigenvalue weighted by atomic mass is 16.6. The Balaban J connectivity index is 1.99. The highest BCUT2D eigenvalue weighted by molar-refractivity contribution is 5.93. The van der Waals surface area contributed by atoms with E-state index >= 15 is 0 Å². The maximum absolute atomic E-state index is 13.1. The van der Waals surface area contributed by atoms with Gasteiger partial charge in [0, 0.05) is 19.4 Å². The van der Waals surface area contributed by atoms with Gasteiger partial charge in [0.15, 0.2) is 0 Å². The number of hydrogen-bond acceptors (Lipinski definition) is 6. The minimum Gasteiger partial charge on any atom is -0.460 e. The molecule has 7 nitrogen and oxygen atoms in total. The van der Waals surface area contributed by atoms with Crippen LogP contribution in [0.25, 0.3) is 0 Å². The van der Waals surface area contributed by atoms with Gasteiger partial charge in [0.25, 0.3) is 0 Å². The molecule has 0 unspecified atom stereocenters. The van der Waals surface area contributed by atoms with Crippen molar-refractivity contribution in [3.63, 3.8) is 0 Å². The first-order chi connectivity index (χ1) is 13.9. The Bertz CT molecular complexity index is 770. The zero-order chi connectivity index (χ0) is 22.4. The van der Waals surface area contributed by atoms with Gasteiger partial charge in [0.1, 0.15) is 18.8 Å². The summed E-state index contributed by atoms with van der Waals surface area (Å²) >= 11 is 0. The van der Waals surface area contributed by atoms with Gasteiger partial charge in [-0.2, -0.15) is 0 Å². The standard InChI is InChI=1S/C23H35NO6/c1-12(2)19(24-13(3)25)21(27)30-17-8-9-22(4,5)16-10-15(28-7)18-14(23(16,17)6)11-29-20(18)26/h12,15-17,19H,8-11H2,1-7H3,(H,24,25)/t15-,16+,17+,19+,23-/m1/s1. The molecule has 1 aliphatic heterocycles. The van der Waals surface area contributed by atoms with Gasteiger partial charge in [-0.05, 0) is 42.1 Å². The van der Waals surface area contributed by atoms with Crippen molar-refractivity contribution in [1.29, 1.82) is 0 Å². The number of cyclic esters (lactones) is 1. The van der Waals surface area contributed by atoms with Crippen LogP contribution in [0.2, 0.25) is 0 Å². The van der Waals surface area contributed by atoms with Crippen molar-refractivity contribution >= 4 is 17.8 Å². The van der Waals surface area contributed by atoms with Crippen LogP contribution in [-0.4, -0.2) is 49.8 Å². The minimum absolute atomic E-state index is 0.00626. The Labute approximate surface area is 178 Å². The molecule has 2 aliphatic carbocycles. The van der Waals surface area contributed by atoms with Gasteiger partial charge in [-0.15, -0.1) is 0 Å². The number of hydrogen-bond donors (Lipinski definition) is 1. The molecule has 1 amide bonds. The Morgan fingerprint density at radius 2 is 1.90 bits per heavy atom. The summed E-state index contributed by atoms with van der Waals surface area (Å²) in [6.45, 7) is 11.9. The number of rotatable bonds is 5. The van der Waals surface area contributed by atoms with Crippen molar-refractivity contribution in [3.05, 3.63) is 11.1 Å². The Morgan fingerprint density at radius 3 is 2.47 bits per heavy atom. The average molecular weight is 422 g/mol. The zero-order valence-electron chi connectivity index (χ0n) is 19.2. The number of carbonyl (C=O) groups excluding carboxylic acids is 3. The van der Waals surface area contributed by atoms with Gasteiger partial charge in [-0.25, -0.2) is 9.59 Å². The molecule has 3 aliphatic rings. The van der Waals surface area contributed by atoms with Crippen molar-refractivity contribution in [2.45, 2.75) is 79.1 Å². The lowest BCUT2D eigenvalue weighted by molar-refractivity contribution is -0.174. The van der Waals surface area contributed by atoms with Gasteiger partial charge in [-0.1, -0.05) is 34.6 Å². The zero-order valence-corrected chi connectivity index (χ0v) is 19.2. The fourth-order valence-corrected chi connectivity index (χ4v) is 5.83. The normalized spacial score (nSPS) is 33.5. The lowest BCUT2D eigenvalue weighted by Gasteiger charge is -2.57. The minimum atomic E-state index is -0.704. The predicted octanol–water partition coefficient (Wildman–Crippen LogP) is 2.77. The van der Waals surface area contributed by atoms with E-state index in [1.807, 2.05) is 13.8 Å². The van der Waals surface area contributed by atoms with Crippen LogP contribution in [0.1, 0.15) is 60.8 Å². The smallest absolute Gasteiger partial charge is 0.337 e. The highest BCUT2D eigenvalue weighted by Gasteiger charge is 2.61. The summed E-state index contributed by atoms with van der Waals surface area (Å²) in [5, 5.41) is 2.71. The van der Waals surface area contributed by atoms with Gasteiger partial charge in [0.2, 0.25) is 5.91 Å². The number of methoxy groups -OCH3 is 1. The Kier molecular flexibility index (Phi) is 6.07. The molecule has 5 atom stereocenters. The van der Waals surface area contributed by atoms with E-state index < -0.39 is 23.5 Å². The quantitative estimate of drug-likeness (QED) is 0.687. The van der Waals surface area contributed by atoms with Crippen molar-refractivity contribution in [2.75, 3.05) is 13.7 Å². The summed E-state index contributed by atoms with van der Waals surface area (Å²) < 4.78 is 17.2. The number of amides is 1. The number of carbonyl (C=O) groups is 3. The summed E-state index contributed by atoms with van der Waals surface area (Å²) in [7, 11) is 1.62. The third-order valence-corrected chi connectivity index (χ3v) is 7.52. The second-order valence-corrected chi connectivity index (χ2v) is 10.1. The van der Waals surface area contributed by atoms with Crippen LogP contribution in [0, 0.1) is 22.7 Å². The fourth-order valence-electron chi connectivity index (χ4n) is 5.83. The van der Waals surface area contributed by atoms with Gasteiger partial charge in [-0.3, -0.25) is 4.79 Å². The lowest BCUT2D eigenvalue weighted by atomic mass is 9.49. The van der Waals surface area contributed by atoms with Crippen molar-refractivity contribution < 1.29 is 28.6 Å². The first-order valence-corrected chi connectivity index (χ1v) is 10.8. The molecule has 30 heavy (non-hydrogen) atoms. The van der Waals surface area contributed by atoms with E-state index in [2.05, 4.69) is 26.1 Å². The van der Waals surface area contributed by atoms with E-state index in [1.165, 1.54) is 6.92 Å². The summed E-state index contributed by atoms with van der Waals surface area (Å²) in [5.74, 6) is -0.956. The second-order valence-electron chi connectivity index (χ2n) is 10.1. The maximum atomic E-state index is 13.1. The van der Waals surface area contributed by atoms with Crippen molar-refractivity contribution in [2.24, 2.45) is 22.7 Å². The Morgan fingerprint density at radius 1 is 1.23 bits per heavy atom. The van der Waals surface area contributed by atoms with Gasteiger partial charge < -0.3 is 19.5 Å². The largest absolute Gasteiger partial charge is 0.460 e. The third kappa shape index (κ3) is 3.66.